The van der Waals surface area contributed by atoms with Gasteiger partial charge in [0.05, 0.1) is 5.56 Å². The summed E-state index contributed by atoms with van der Waals surface area (Å²) in [6, 6.07) is 5.36. The van der Waals surface area contributed by atoms with E-state index in [1.807, 2.05) is 10.7 Å². The topological polar surface area (TPSA) is 57.0 Å². The predicted octanol–water partition coefficient (Wildman–Crippen LogP) is 3.23. The smallest absolute Gasteiger partial charge is 0.164 e. The van der Waals surface area contributed by atoms with E-state index in [0.717, 1.165) is 23.3 Å². The van der Waals surface area contributed by atoms with Gasteiger partial charge in [-0.15, -0.1) is 0 Å². The van der Waals surface area contributed by atoms with Crippen molar-refractivity contribution in [1.82, 2.24) is 14.8 Å². The lowest BCUT2D eigenvalue weighted by atomic mass is 10.1. The first-order chi connectivity index (χ1) is 9.61. The van der Waals surface area contributed by atoms with E-state index < -0.39 is 0 Å². The normalized spacial score (nSPS) is 10.6. The van der Waals surface area contributed by atoms with Gasteiger partial charge in [0, 0.05) is 11.0 Å². The number of carbonyl (C=O) groups is 1. The van der Waals surface area contributed by atoms with E-state index in [2.05, 4.69) is 32.9 Å². The largest absolute Gasteiger partial charge is 0.485 e. The third kappa shape index (κ3) is 3.45. The standard InChI is InChI=1S/C14H16BrN3O2/c1-3-6-18-14(16-9-17-18)8-20-13-7-11(15)4-5-12(13)10(2)19/h4-5,7,9H,3,6,8H2,1-2H3. The highest BCUT2D eigenvalue weighted by Gasteiger charge is 2.11. The fourth-order valence-corrected chi connectivity index (χ4v) is 2.19. The number of halogens is 1. The monoisotopic (exact) mass is 337 g/mol. The number of aromatic nitrogens is 3. The summed E-state index contributed by atoms with van der Waals surface area (Å²) < 4.78 is 8.42. The molecule has 0 unspecified atom stereocenters. The molecule has 0 spiro atoms. The molecule has 2 rings (SSSR count). The fourth-order valence-electron chi connectivity index (χ4n) is 1.85. The number of hydrogen-bond donors (Lipinski definition) is 0. The summed E-state index contributed by atoms with van der Waals surface area (Å²) in [4.78, 5) is 15.8. The number of hydrogen-bond acceptors (Lipinski definition) is 4. The van der Waals surface area contributed by atoms with Crippen LogP contribution in [0.25, 0.3) is 0 Å². The Hall–Kier alpha value is -1.69. The van der Waals surface area contributed by atoms with Gasteiger partial charge in [-0.25, -0.2) is 9.67 Å². The van der Waals surface area contributed by atoms with Gasteiger partial charge in [0.15, 0.2) is 11.6 Å². The maximum atomic E-state index is 11.6. The molecule has 0 N–H and O–H groups in total. The molecular formula is C14H16BrN3O2. The van der Waals surface area contributed by atoms with Crippen molar-refractivity contribution in [2.75, 3.05) is 0 Å². The first-order valence-electron chi connectivity index (χ1n) is 6.41. The van der Waals surface area contributed by atoms with E-state index in [1.54, 1.807) is 12.1 Å². The Morgan fingerprint density at radius 2 is 2.25 bits per heavy atom. The number of rotatable bonds is 6. The number of nitrogens with zero attached hydrogens (tertiary/aromatic N) is 3. The minimum absolute atomic E-state index is 0.0254. The average Bonchev–Trinajstić information content (AvgIpc) is 2.84. The van der Waals surface area contributed by atoms with E-state index >= 15 is 0 Å². The summed E-state index contributed by atoms with van der Waals surface area (Å²) in [5, 5.41) is 4.14. The third-order valence-electron chi connectivity index (χ3n) is 2.81. The molecule has 1 aromatic carbocycles. The minimum Gasteiger partial charge on any atom is -0.485 e. The number of carbonyl (C=O) groups excluding carboxylic acids is 1. The molecule has 6 heteroatoms. The second-order valence-corrected chi connectivity index (χ2v) is 5.30. The van der Waals surface area contributed by atoms with Crippen molar-refractivity contribution in [3.05, 3.63) is 40.4 Å². The highest BCUT2D eigenvalue weighted by Crippen LogP contribution is 2.25. The van der Waals surface area contributed by atoms with Gasteiger partial charge in [-0.05, 0) is 31.5 Å². The summed E-state index contributed by atoms with van der Waals surface area (Å²) >= 11 is 3.38. The van der Waals surface area contributed by atoms with Crippen LogP contribution >= 0.6 is 15.9 Å². The van der Waals surface area contributed by atoms with Gasteiger partial charge in [-0.3, -0.25) is 4.79 Å². The summed E-state index contributed by atoms with van der Waals surface area (Å²) in [5.74, 6) is 1.28. The molecule has 2 aromatic rings. The average molecular weight is 338 g/mol. The van der Waals surface area contributed by atoms with Crippen molar-refractivity contribution in [2.24, 2.45) is 0 Å². The van der Waals surface area contributed by atoms with Crippen molar-refractivity contribution in [1.29, 1.82) is 0 Å². The molecule has 0 saturated carbocycles. The van der Waals surface area contributed by atoms with Crippen molar-refractivity contribution < 1.29 is 9.53 Å². The zero-order valence-corrected chi connectivity index (χ0v) is 13.1. The number of aryl methyl sites for hydroxylation is 1. The van der Waals surface area contributed by atoms with Crippen LogP contribution in [0, 0.1) is 0 Å². The lowest BCUT2D eigenvalue weighted by molar-refractivity contribution is 0.101. The van der Waals surface area contributed by atoms with Crippen LogP contribution in [0.5, 0.6) is 5.75 Å². The lowest BCUT2D eigenvalue weighted by Crippen LogP contribution is -2.09. The molecule has 106 valence electrons. The number of ketones is 1. The Labute approximate surface area is 126 Å². The zero-order valence-electron chi connectivity index (χ0n) is 11.5. The second-order valence-electron chi connectivity index (χ2n) is 4.38. The second kappa shape index (κ2) is 6.65. The molecule has 0 saturated heterocycles. The Bertz CT molecular complexity index is 610. The van der Waals surface area contributed by atoms with Crippen LogP contribution < -0.4 is 4.74 Å². The molecule has 1 aromatic heterocycles. The summed E-state index contributed by atoms with van der Waals surface area (Å²) in [7, 11) is 0. The van der Waals surface area contributed by atoms with Gasteiger partial charge in [0.2, 0.25) is 0 Å². The van der Waals surface area contributed by atoms with Crippen LogP contribution in [0.2, 0.25) is 0 Å². The van der Waals surface area contributed by atoms with Gasteiger partial charge in [0.1, 0.15) is 18.7 Å². The van der Waals surface area contributed by atoms with Gasteiger partial charge >= 0.3 is 0 Å². The van der Waals surface area contributed by atoms with Crippen LogP contribution in [0.15, 0.2) is 29.0 Å². The Kier molecular flexibility index (Phi) is 4.89. The van der Waals surface area contributed by atoms with Gasteiger partial charge in [-0.1, -0.05) is 22.9 Å². The Morgan fingerprint density at radius 1 is 1.45 bits per heavy atom. The number of benzene rings is 1. The molecule has 0 fully saturated rings. The van der Waals surface area contributed by atoms with E-state index in [0.29, 0.717) is 11.3 Å². The minimum atomic E-state index is -0.0254. The van der Waals surface area contributed by atoms with Crippen LogP contribution in [0.4, 0.5) is 0 Å². The molecule has 0 atom stereocenters. The van der Waals surface area contributed by atoms with Crippen molar-refractivity contribution in [2.45, 2.75) is 33.4 Å². The Balaban J connectivity index is 2.16. The van der Waals surface area contributed by atoms with E-state index in [4.69, 9.17) is 4.74 Å². The molecule has 20 heavy (non-hydrogen) atoms. The van der Waals surface area contributed by atoms with Crippen molar-refractivity contribution in [3.8, 4) is 5.75 Å². The van der Waals surface area contributed by atoms with E-state index in [-0.39, 0.29) is 12.4 Å². The van der Waals surface area contributed by atoms with E-state index in [1.165, 1.54) is 13.3 Å². The fraction of sp³-hybridized carbons (Fsp3) is 0.357. The van der Waals surface area contributed by atoms with Crippen molar-refractivity contribution >= 4 is 21.7 Å². The molecule has 1 heterocycles. The van der Waals surface area contributed by atoms with Gasteiger partial charge in [-0.2, -0.15) is 5.10 Å². The maximum Gasteiger partial charge on any atom is 0.164 e. The van der Waals surface area contributed by atoms with E-state index in [9.17, 15) is 4.79 Å². The molecule has 0 aliphatic rings. The first kappa shape index (κ1) is 14.7. The molecule has 0 aliphatic carbocycles. The maximum absolute atomic E-state index is 11.6. The lowest BCUT2D eigenvalue weighted by Gasteiger charge is -2.10. The van der Waals surface area contributed by atoms with Crippen LogP contribution in [0.3, 0.4) is 0 Å². The SMILES string of the molecule is CCCn1ncnc1COc1cc(Br)ccc1C(C)=O. The summed E-state index contributed by atoms with van der Waals surface area (Å²) in [6.07, 6.45) is 2.49. The molecule has 0 radical (unpaired) electrons. The van der Waals surface area contributed by atoms with Gasteiger partial charge in [0.25, 0.3) is 0 Å². The molecule has 5 nitrogen and oxygen atoms in total. The predicted molar refractivity (Wildman–Crippen MR) is 78.8 cm³/mol. The number of ether oxygens (including phenoxy) is 1. The van der Waals surface area contributed by atoms with Crippen LogP contribution in [-0.2, 0) is 13.2 Å². The third-order valence-corrected chi connectivity index (χ3v) is 3.30. The zero-order chi connectivity index (χ0) is 14.5. The molecule has 0 aliphatic heterocycles. The Morgan fingerprint density at radius 3 is 2.95 bits per heavy atom. The molecular weight excluding hydrogens is 322 g/mol. The molecule has 0 bridgehead atoms. The first-order valence-corrected chi connectivity index (χ1v) is 7.21. The van der Waals surface area contributed by atoms with Gasteiger partial charge < -0.3 is 4.74 Å². The van der Waals surface area contributed by atoms with Crippen molar-refractivity contribution in [3.63, 3.8) is 0 Å². The number of Topliss-reactive ketones (excluding diaryl/α,β-unsaturated/α-hetero) is 1. The highest BCUT2D eigenvalue weighted by molar-refractivity contribution is 9.10. The summed E-state index contributed by atoms with van der Waals surface area (Å²) in [5.41, 5.74) is 0.565. The quantitative estimate of drug-likeness (QED) is 0.759. The summed E-state index contributed by atoms with van der Waals surface area (Å²) in [6.45, 7) is 4.69. The highest BCUT2D eigenvalue weighted by atomic mass is 79.9. The van der Waals surface area contributed by atoms with Crippen LogP contribution in [-0.4, -0.2) is 20.5 Å². The van der Waals surface area contributed by atoms with Crippen LogP contribution in [0.1, 0.15) is 36.5 Å². The molecule has 0 amide bonds.